The van der Waals surface area contributed by atoms with E-state index in [-0.39, 0.29) is 16.8 Å². The van der Waals surface area contributed by atoms with Gasteiger partial charge in [-0.15, -0.1) is 0 Å². The smallest absolute Gasteiger partial charge is 0.270 e. The maximum Gasteiger partial charge on any atom is 0.270 e. The third kappa shape index (κ3) is 6.42. The maximum absolute atomic E-state index is 10.2. The fourth-order valence-corrected chi connectivity index (χ4v) is 5.06. The molecule has 0 bridgehead atoms. The number of hydrogen-bond donors (Lipinski definition) is 0. The van der Waals surface area contributed by atoms with Gasteiger partial charge in [0.2, 0.25) is 0 Å². The molecule has 40 heavy (non-hydrogen) atoms. The number of benzene rings is 3. The predicted molar refractivity (Wildman–Crippen MR) is 164 cm³/mol. The molecule has 0 radical (unpaired) electrons. The van der Waals surface area contributed by atoms with Crippen LogP contribution in [0.25, 0.3) is 16.0 Å². The van der Waals surface area contributed by atoms with Gasteiger partial charge in [-0.05, 0) is 59.5 Å². The Morgan fingerprint density at radius 2 is 1.73 bits per heavy atom. The standard InChI is InChI=1S/C35H29ClN4/c1-3-4-5-11-21-40-30(23-32(26-13-7-6-8-14-26)31-17-9-10-18-34(31)40)20-19-28(24-37)35(33(25-38)39-2)27-15-12-16-29(36)22-27/h6-10,12-20,22-23H,3-5,11,21H2,1H3/b28-19?,30-20?,35-33-. The lowest BCUT2D eigenvalue weighted by molar-refractivity contribution is 0.663. The summed E-state index contributed by atoms with van der Waals surface area (Å²) in [6.07, 6.45) is 10.3. The first-order chi connectivity index (χ1) is 19.6. The lowest BCUT2D eigenvalue weighted by Crippen LogP contribution is -2.26. The Hall–Kier alpha value is -4.82. The zero-order valence-electron chi connectivity index (χ0n) is 22.4. The van der Waals surface area contributed by atoms with Crippen LogP contribution in [-0.4, -0.2) is 6.54 Å². The van der Waals surface area contributed by atoms with Gasteiger partial charge in [-0.25, -0.2) is 10.1 Å². The van der Waals surface area contributed by atoms with Crippen molar-refractivity contribution in [3.8, 4) is 12.1 Å². The van der Waals surface area contributed by atoms with Crippen LogP contribution in [-0.2, 0) is 0 Å². The molecule has 1 aliphatic heterocycles. The average Bonchev–Trinajstić information content (AvgIpc) is 2.99. The van der Waals surface area contributed by atoms with Crippen LogP contribution in [0.15, 0.2) is 114 Å². The van der Waals surface area contributed by atoms with Crippen LogP contribution in [0.3, 0.4) is 0 Å². The predicted octanol–water partition coefficient (Wildman–Crippen LogP) is 9.36. The van der Waals surface area contributed by atoms with Crippen molar-refractivity contribution < 1.29 is 0 Å². The van der Waals surface area contributed by atoms with E-state index >= 15 is 0 Å². The van der Waals surface area contributed by atoms with E-state index in [0.29, 0.717) is 10.6 Å². The Bertz CT molecular complexity index is 1610. The second kappa shape index (κ2) is 13.8. The number of anilines is 1. The fourth-order valence-electron chi connectivity index (χ4n) is 4.87. The monoisotopic (exact) mass is 540 g/mol. The van der Waals surface area contributed by atoms with E-state index in [1.807, 2.05) is 30.3 Å². The Balaban J connectivity index is 1.89. The molecule has 0 unspecified atom stereocenters. The van der Waals surface area contributed by atoms with E-state index in [1.54, 1.807) is 30.3 Å². The number of unbranched alkanes of at least 4 members (excludes halogenated alkanes) is 3. The second-order valence-electron chi connectivity index (χ2n) is 9.39. The van der Waals surface area contributed by atoms with Crippen LogP contribution in [0.4, 0.5) is 5.69 Å². The Morgan fingerprint density at radius 1 is 0.950 bits per heavy atom. The molecule has 3 aromatic carbocycles. The maximum atomic E-state index is 10.2. The first-order valence-corrected chi connectivity index (χ1v) is 13.7. The molecule has 0 amide bonds. The van der Waals surface area contributed by atoms with Crippen LogP contribution < -0.4 is 4.90 Å². The van der Waals surface area contributed by atoms with Crippen molar-refractivity contribution in [2.24, 2.45) is 0 Å². The molecule has 5 heteroatoms. The zero-order chi connectivity index (χ0) is 28.3. The van der Waals surface area contributed by atoms with Crippen molar-refractivity contribution in [1.29, 1.82) is 10.5 Å². The van der Waals surface area contributed by atoms with Gasteiger partial charge >= 0.3 is 0 Å². The van der Waals surface area contributed by atoms with Crippen molar-refractivity contribution >= 4 is 28.4 Å². The molecule has 0 saturated carbocycles. The number of nitriles is 2. The third-order valence-corrected chi connectivity index (χ3v) is 7.02. The summed E-state index contributed by atoms with van der Waals surface area (Å²) in [6.45, 7) is 10.6. The molecule has 0 N–H and O–H groups in total. The van der Waals surface area contributed by atoms with Gasteiger partial charge in [0, 0.05) is 34.1 Å². The third-order valence-electron chi connectivity index (χ3n) is 6.79. The van der Waals surface area contributed by atoms with Gasteiger partial charge in [0.25, 0.3) is 5.70 Å². The average molecular weight is 541 g/mol. The van der Waals surface area contributed by atoms with Gasteiger partial charge in [0.05, 0.1) is 24.3 Å². The SMILES string of the molecule is [C-]#[N+]/C(C#N)=C(\C(C#N)=CC=C1C=C(c2ccccc2)c2ccccc2N1CCCCCC)c1cccc(Cl)c1. The van der Waals surface area contributed by atoms with Crippen molar-refractivity contribution in [3.05, 3.63) is 147 Å². The van der Waals surface area contributed by atoms with Crippen molar-refractivity contribution in [3.63, 3.8) is 0 Å². The molecule has 0 spiro atoms. The summed E-state index contributed by atoms with van der Waals surface area (Å²) in [5.41, 5.74) is 6.32. The number of hydrogen-bond acceptors (Lipinski definition) is 3. The van der Waals surface area contributed by atoms with Crippen molar-refractivity contribution in [1.82, 2.24) is 0 Å². The zero-order valence-corrected chi connectivity index (χ0v) is 23.2. The Labute approximate surface area is 241 Å². The first-order valence-electron chi connectivity index (χ1n) is 13.4. The molecule has 3 aromatic rings. The van der Waals surface area contributed by atoms with Gasteiger partial charge in [-0.2, -0.15) is 5.26 Å². The summed E-state index contributed by atoms with van der Waals surface area (Å²) in [7, 11) is 0. The Kier molecular flexibility index (Phi) is 9.74. The quantitative estimate of drug-likeness (QED) is 0.117. The van der Waals surface area contributed by atoms with E-state index in [2.05, 4.69) is 65.2 Å². The van der Waals surface area contributed by atoms with Crippen LogP contribution in [0.5, 0.6) is 0 Å². The molecular formula is C35H29ClN4. The van der Waals surface area contributed by atoms with Gasteiger partial charge < -0.3 is 4.90 Å². The highest BCUT2D eigenvalue weighted by Gasteiger charge is 2.23. The minimum Gasteiger partial charge on any atom is -0.341 e. The van der Waals surface area contributed by atoms with Gasteiger partial charge in [0.1, 0.15) is 0 Å². The van der Waals surface area contributed by atoms with E-state index in [4.69, 9.17) is 18.2 Å². The number of para-hydroxylation sites is 1. The van der Waals surface area contributed by atoms with Gasteiger partial charge in [-0.1, -0.05) is 98.5 Å². The topological polar surface area (TPSA) is 55.2 Å². The molecule has 4 nitrogen and oxygen atoms in total. The summed E-state index contributed by atoms with van der Waals surface area (Å²) >= 11 is 6.23. The van der Waals surface area contributed by atoms with Gasteiger partial charge in [0.15, 0.2) is 0 Å². The van der Waals surface area contributed by atoms with Crippen LogP contribution in [0.2, 0.25) is 5.02 Å². The number of halogens is 1. The van der Waals surface area contributed by atoms with E-state index in [1.165, 1.54) is 6.42 Å². The second-order valence-corrected chi connectivity index (χ2v) is 9.83. The van der Waals surface area contributed by atoms with Crippen molar-refractivity contribution in [2.75, 3.05) is 11.4 Å². The molecule has 1 aliphatic rings. The summed E-state index contributed by atoms with van der Waals surface area (Å²) in [4.78, 5) is 5.72. The normalized spacial score (nSPS) is 14.4. The molecule has 196 valence electrons. The molecule has 4 rings (SSSR count). The van der Waals surface area contributed by atoms with Crippen LogP contribution in [0.1, 0.15) is 49.3 Å². The van der Waals surface area contributed by atoms with Gasteiger partial charge in [-0.3, -0.25) is 0 Å². The van der Waals surface area contributed by atoms with Crippen LogP contribution in [0, 0.1) is 29.2 Å². The number of fused-ring (bicyclic) bond motifs is 1. The highest BCUT2D eigenvalue weighted by molar-refractivity contribution is 6.30. The summed E-state index contributed by atoms with van der Waals surface area (Å²) in [6, 6.07) is 29.7. The minimum atomic E-state index is -0.153. The fraction of sp³-hybridized carbons (Fsp3) is 0.171. The highest BCUT2D eigenvalue weighted by atomic mass is 35.5. The largest absolute Gasteiger partial charge is 0.341 e. The minimum absolute atomic E-state index is 0.153. The summed E-state index contributed by atoms with van der Waals surface area (Å²) < 4.78 is 0. The van der Waals surface area contributed by atoms with E-state index in [0.717, 1.165) is 53.9 Å². The number of nitrogens with zero attached hydrogens (tertiary/aromatic N) is 4. The Morgan fingerprint density at radius 3 is 2.42 bits per heavy atom. The lowest BCUT2D eigenvalue weighted by atomic mass is 9.91. The number of rotatable bonds is 9. The highest BCUT2D eigenvalue weighted by Crippen LogP contribution is 2.39. The lowest BCUT2D eigenvalue weighted by Gasteiger charge is -2.33. The molecule has 0 atom stereocenters. The molecule has 0 fully saturated rings. The number of allylic oxidation sites excluding steroid dienone is 6. The van der Waals surface area contributed by atoms with Crippen LogP contribution >= 0.6 is 11.6 Å². The molecule has 0 aromatic heterocycles. The molecule has 1 heterocycles. The van der Waals surface area contributed by atoms with Crippen molar-refractivity contribution in [2.45, 2.75) is 32.6 Å². The summed E-state index contributed by atoms with van der Waals surface area (Å²) in [5, 5.41) is 20.4. The summed E-state index contributed by atoms with van der Waals surface area (Å²) in [5.74, 6) is 0. The molecular weight excluding hydrogens is 512 g/mol. The van der Waals surface area contributed by atoms with E-state index in [9.17, 15) is 10.5 Å². The first kappa shape index (κ1) is 28.2. The van der Waals surface area contributed by atoms with E-state index < -0.39 is 0 Å². The molecule has 0 aliphatic carbocycles. The molecule has 0 saturated heterocycles.